The number of halogens is 1. The largest absolute Gasteiger partial charge is 0.496 e. The number of carbonyl (C=O) groups is 2. The molecular formula is C14H11FN2O4. The SMILES string of the molecule is COc1cccc(F)c1C(=O)Nc1ccnc(C(=O)O)c1. The van der Waals surface area contributed by atoms with Crippen molar-refractivity contribution in [3.8, 4) is 5.75 Å². The van der Waals surface area contributed by atoms with Crippen molar-refractivity contribution in [3.63, 3.8) is 0 Å². The lowest BCUT2D eigenvalue weighted by Gasteiger charge is -2.10. The molecular weight excluding hydrogens is 279 g/mol. The van der Waals surface area contributed by atoms with Gasteiger partial charge < -0.3 is 15.2 Å². The van der Waals surface area contributed by atoms with Crippen LogP contribution in [0.4, 0.5) is 10.1 Å². The molecule has 0 saturated carbocycles. The number of benzene rings is 1. The lowest BCUT2D eigenvalue weighted by Crippen LogP contribution is -2.15. The number of carboxylic acid groups (broad SMARTS) is 1. The summed E-state index contributed by atoms with van der Waals surface area (Å²) in [5.41, 5.74) is -0.292. The van der Waals surface area contributed by atoms with Gasteiger partial charge in [-0.1, -0.05) is 6.07 Å². The fourth-order valence-corrected chi connectivity index (χ4v) is 1.71. The first-order valence-corrected chi connectivity index (χ1v) is 5.86. The summed E-state index contributed by atoms with van der Waals surface area (Å²) < 4.78 is 18.7. The number of methoxy groups -OCH3 is 1. The van der Waals surface area contributed by atoms with E-state index in [1.54, 1.807) is 0 Å². The zero-order valence-corrected chi connectivity index (χ0v) is 11.0. The van der Waals surface area contributed by atoms with Gasteiger partial charge in [0.2, 0.25) is 0 Å². The summed E-state index contributed by atoms with van der Waals surface area (Å²) in [6.07, 6.45) is 1.23. The standard InChI is InChI=1S/C14H11FN2O4/c1-21-11-4-2-3-9(15)12(11)13(18)17-8-5-6-16-10(7-8)14(19)20/h2-7H,1H3,(H,19,20)(H,16,17,18). The predicted octanol–water partition coefficient (Wildman–Crippen LogP) is 2.18. The van der Waals surface area contributed by atoms with Gasteiger partial charge >= 0.3 is 5.97 Å². The molecule has 1 amide bonds. The van der Waals surface area contributed by atoms with Crippen molar-refractivity contribution in [3.05, 3.63) is 53.6 Å². The Bertz CT molecular complexity index is 703. The highest BCUT2D eigenvalue weighted by molar-refractivity contribution is 6.06. The number of carbonyl (C=O) groups excluding carboxylic acids is 1. The number of aromatic nitrogens is 1. The zero-order chi connectivity index (χ0) is 15.4. The number of hydrogen-bond acceptors (Lipinski definition) is 4. The first-order chi connectivity index (χ1) is 10.0. The van der Waals surface area contributed by atoms with Crippen LogP contribution in [0.1, 0.15) is 20.8 Å². The fourth-order valence-electron chi connectivity index (χ4n) is 1.71. The van der Waals surface area contributed by atoms with Gasteiger partial charge in [-0.25, -0.2) is 14.2 Å². The summed E-state index contributed by atoms with van der Waals surface area (Å²) in [6, 6.07) is 6.57. The van der Waals surface area contributed by atoms with Gasteiger partial charge in [0.25, 0.3) is 5.91 Å². The molecule has 6 nitrogen and oxygen atoms in total. The van der Waals surface area contributed by atoms with Crippen molar-refractivity contribution in [1.29, 1.82) is 0 Å². The Hall–Kier alpha value is -2.96. The van der Waals surface area contributed by atoms with Crippen LogP contribution in [0.25, 0.3) is 0 Å². The topological polar surface area (TPSA) is 88.5 Å². The molecule has 0 unspecified atom stereocenters. The van der Waals surface area contributed by atoms with Crippen LogP contribution in [-0.4, -0.2) is 29.1 Å². The van der Waals surface area contributed by atoms with Gasteiger partial charge in [-0.2, -0.15) is 0 Å². The average Bonchev–Trinajstić information content (AvgIpc) is 2.46. The Morgan fingerprint density at radius 2 is 2.10 bits per heavy atom. The molecule has 0 aliphatic heterocycles. The molecule has 0 atom stereocenters. The molecule has 0 bridgehead atoms. The first-order valence-electron chi connectivity index (χ1n) is 5.86. The monoisotopic (exact) mass is 290 g/mol. The molecule has 21 heavy (non-hydrogen) atoms. The summed E-state index contributed by atoms with van der Waals surface area (Å²) in [5, 5.41) is 11.2. The van der Waals surface area contributed by atoms with Crippen LogP contribution in [0.5, 0.6) is 5.75 Å². The molecule has 108 valence electrons. The van der Waals surface area contributed by atoms with E-state index in [1.165, 1.54) is 37.6 Å². The Morgan fingerprint density at radius 1 is 1.33 bits per heavy atom. The molecule has 2 rings (SSSR count). The number of carboxylic acids is 1. The van der Waals surface area contributed by atoms with Gasteiger partial charge in [0.1, 0.15) is 22.8 Å². The van der Waals surface area contributed by atoms with Crippen molar-refractivity contribution in [2.75, 3.05) is 12.4 Å². The van der Waals surface area contributed by atoms with E-state index in [1.807, 2.05) is 0 Å². The molecule has 0 spiro atoms. The van der Waals surface area contributed by atoms with Crippen LogP contribution < -0.4 is 10.1 Å². The van der Waals surface area contributed by atoms with Crippen LogP contribution in [0.3, 0.4) is 0 Å². The molecule has 0 saturated heterocycles. The third-order valence-electron chi connectivity index (χ3n) is 2.66. The highest BCUT2D eigenvalue weighted by Crippen LogP contribution is 2.22. The molecule has 0 radical (unpaired) electrons. The van der Waals surface area contributed by atoms with Gasteiger partial charge in [-0.05, 0) is 24.3 Å². The lowest BCUT2D eigenvalue weighted by molar-refractivity contribution is 0.0690. The molecule has 0 aliphatic rings. The normalized spacial score (nSPS) is 10.0. The van der Waals surface area contributed by atoms with Crippen molar-refractivity contribution < 1.29 is 23.8 Å². The maximum atomic E-state index is 13.8. The van der Waals surface area contributed by atoms with Crippen molar-refractivity contribution in [1.82, 2.24) is 4.98 Å². The minimum absolute atomic E-state index is 0.0833. The maximum Gasteiger partial charge on any atom is 0.354 e. The van der Waals surface area contributed by atoms with E-state index < -0.39 is 17.7 Å². The smallest absolute Gasteiger partial charge is 0.354 e. The fraction of sp³-hybridized carbons (Fsp3) is 0.0714. The molecule has 2 N–H and O–H groups in total. The number of hydrogen-bond donors (Lipinski definition) is 2. The number of ether oxygens (including phenoxy) is 1. The van der Waals surface area contributed by atoms with E-state index in [-0.39, 0.29) is 22.7 Å². The Labute approximate surface area is 119 Å². The van der Waals surface area contributed by atoms with Crippen molar-refractivity contribution >= 4 is 17.6 Å². The number of pyridine rings is 1. The number of aromatic carboxylic acids is 1. The van der Waals surface area contributed by atoms with E-state index in [9.17, 15) is 14.0 Å². The number of nitrogens with zero attached hydrogens (tertiary/aromatic N) is 1. The third-order valence-corrected chi connectivity index (χ3v) is 2.66. The molecule has 0 fully saturated rings. The summed E-state index contributed by atoms with van der Waals surface area (Å²) in [6.45, 7) is 0. The highest BCUT2D eigenvalue weighted by atomic mass is 19.1. The van der Waals surface area contributed by atoms with Gasteiger partial charge in [-0.3, -0.25) is 4.79 Å². The van der Waals surface area contributed by atoms with Crippen LogP contribution in [0.2, 0.25) is 0 Å². The van der Waals surface area contributed by atoms with Crippen LogP contribution in [0.15, 0.2) is 36.5 Å². The van der Waals surface area contributed by atoms with E-state index in [4.69, 9.17) is 9.84 Å². The summed E-state index contributed by atoms with van der Waals surface area (Å²) >= 11 is 0. The van der Waals surface area contributed by atoms with Gasteiger partial charge in [0.15, 0.2) is 0 Å². The molecule has 0 aliphatic carbocycles. The number of nitrogens with one attached hydrogen (secondary N) is 1. The van der Waals surface area contributed by atoms with E-state index in [2.05, 4.69) is 10.3 Å². The minimum Gasteiger partial charge on any atom is -0.496 e. The van der Waals surface area contributed by atoms with E-state index in [0.717, 1.165) is 6.07 Å². The molecule has 1 aromatic heterocycles. The predicted molar refractivity (Wildman–Crippen MR) is 72.1 cm³/mol. The lowest BCUT2D eigenvalue weighted by atomic mass is 10.1. The summed E-state index contributed by atoms with van der Waals surface area (Å²) in [7, 11) is 1.32. The Kier molecular flexibility index (Phi) is 4.13. The van der Waals surface area contributed by atoms with E-state index in [0.29, 0.717) is 0 Å². The minimum atomic E-state index is -1.23. The van der Waals surface area contributed by atoms with Crippen LogP contribution >= 0.6 is 0 Å². The van der Waals surface area contributed by atoms with Gasteiger partial charge in [0.05, 0.1) is 7.11 Å². The Balaban J connectivity index is 2.30. The molecule has 2 aromatic rings. The summed E-state index contributed by atoms with van der Waals surface area (Å²) in [5.74, 6) is -2.62. The van der Waals surface area contributed by atoms with E-state index >= 15 is 0 Å². The second kappa shape index (κ2) is 6.00. The zero-order valence-electron chi connectivity index (χ0n) is 11.0. The number of rotatable bonds is 4. The van der Waals surface area contributed by atoms with Crippen molar-refractivity contribution in [2.24, 2.45) is 0 Å². The van der Waals surface area contributed by atoms with Gasteiger partial charge in [0, 0.05) is 11.9 Å². The molecule has 7 heteroatoms. The quantitative estimate of drug-likeness (QED) is 0.901. The highest BCUT2D eigenvalue weighted by Gasteiger charge is 2.18. The van der Waals surface area contributed by atoms with Crippen molar-refractivity contribution in [2.45, 2.75) is 0 Å². The summed E-state index contributed by atoms with van der Waals surface area (Å²) in [4.78, 5) is 26.5. The maximum absolute atomic E-state index is 13.8. The molecule has 1 heterocycles. The second-order valence-corrected chi connectivity index (χ2v) is 4.01. The van der Waals surface area contributed by atoms with Crippen LogP contribution in [0, 0.1) is 5.82 Å². The van der Waals surface area contributed by atoms with Gasteiger partial charge in [-0.15, -0.1) is 0 Å². The average molecular weight is 290 g/mol. The third kappa shape index (κ3) is 3.14. The van der Waals surface area contributed by atoms with Crippen LogP contribution in [-0.2, 0) is 0 Å². The molecule has 1 aromatic carbocycles. The second-order valence-electron chi connectivity index (χ2n) is 4.01. The number of anilines is 1. The number of amides is 1. The Morgan fingerprint density at radius 3 is 2.76 bits per heavy atom. The first kappa shape index (κ1) is 14.4.